The smallest absolute Gasteiger partial charge is 0.194 e. The fraction of sp³-hybridized carbons (Fsp3) is 0.632. The standard InChI is InChI=1S/C19H30N4OS.HI/c1-3-20-19(21-9-12-25-2)23-14-17-18(15-23)24-11-10-22(17)13-16-7-5-4-6-8-16;/h4-8,17-18H,3,9-15H2,1-2H3,(H,20,21);1H. The summed E-state index contributed by atoms with van der Waals surface area (Å²) < 4.78 is 6.08. The Labute approximate surface area is 179 Å². The lowest BCUT2D eigenvalue weighted by molar-refractivity contribution is -0.0502. The number of hydrogen-bond acceptors (Lipinski definition) is 4. The summed E-state index contributed by atoms with van der Waals surface area (Å²) in [6, 6.07) is 11.2. The van der Waals surface area contributed by atoms with Crippen LogP contribution >= 0.6 is 35.7 Å². The average Bonchev–Trinajstić information content (AvgIpc) is 3.07. The summed E-state index contributed by atoms with van der Waals surface area (Å²) in [6.07, 6.45) is 2.41. The average molecular weight is 490 g/mol. The molecule has 0 amide bonds. The molecule has 0 bridgehead atoms. The van der Waals surface area contributed by atoms with Crippen LogP contribution in [0.5, 0.6) is 0 Å². The molecule has 2 aliphatic heterocycles. The number of rotatable bonds is 6. The lowest BCUT2D eigenvalue weighted by Crippen LogP contribution is -2.50. The predicted octanol–water partition coefficient (Wildman–Crippen LogP) is 2.52. The van der Waals surface area contributed by atoms with Crippen molar-refractivity contribution in [3.05, 3.63) is 35.9 Å². The first-order valence-corrected chi connectivity index (χ1v) is 10.6. The van der Waals surface area contributed by atoms with Crippen molar-refractivity contribution in [2.24, 2.45) is 4.99 Å². The van der Waals surface area contributed by atoms with Crippen LogP contribution in [-0.4, -0.2) is 79.2 Å². The zero-order valence-electron chi connectivity index (χ0n) is 15.8. The van der Waals surface area contributed by atoms with Gasteiger partial charge in [-0.05, 0) is 18.7 Å². The van der Waals surface area contributed by atoms with Crippen molar-refractivity contribution < 1.29 is 4.74 Å². The maximum Gasteiger partial charge on any atom is 0.194 e. The van der Waals surface area contributed by atoms with E-state index in [-0.39, 0.29) is 30.1 Å². The Kier molecular flexibility index (Phi) is 9.52. The number of guanidine groups is 1. The lowest BCUT2D eigenvalue weighted by atomic mass is 10.1. The Morgan fingerprint density at radius 2 is 2.12 bits per heavy atom. The highest BCUT2D eigenvalue weighted by atomic mass is 127. The molecule has 2 fully saturated rings. The fourth-order valence-corrected chi connectivity index (χ4v) is 3.89. The zero-order chi connectivity index (χ0) is 17.5. The van der Waals surface area contributed by atoms with Crippen molar-refractivity contribution in [2.75, 3.05) is 51.3 Å². The van der Waals surface area contributed by atoms with E-state index in [0.29, 0.717) is 6.04 Å². The normalized spacial score (nSPS) is 23.5. The van der Waals surface area contributed by atoms with Gasteiger partial charge in [0, 0.05) is 38.5 Å². The quantitative estimate of drug-likeness (QED) is 0.287. The van der Waals surface area contributed by atoms with Crippen molar-refractivity contribution >= 4 is 41.7 Å². The number of likely N-dealkylation sites (tertiary alicyclic amines) is 1. The summed E-state index contributed by atoms with van der Waals surface area (Å²) in [5.74, 6) is 2.10. The van der Waals surface area contributed by atoms with Gasteiger partial charge in [0.1, 0.15) is 0 Å². The SMILES string of the molecule is CCNC(=NCCSC)N1CC2OCCN(Cc3ccccc3)C2C1.I. The third kappa shape index (κ3) is 5.74. The van der Waals surface area contributed by atoms with E-state index in [2.05, 4.69) is 58.6 Å². The van der Waals surface area contributed by atoms with E-state index in [1.54, 1.807) is 0 Å². The lowest BCUT2D eigenvalue weighted by Gasteiger charge is -2.36. The molecule has 5 nitrogen and oxygen atoms in total. The van der Waals surface area contributed by atoms with E-state index in [4.69, 9.17) is 9.73 Å². The Balaban J connectivity index is 0.00000243. The van der Waals surface area contributed by atoms with E-state index >= 15 is 0 Å². The van der Waals surface area contributed by atoms with Crippen LogP contribution in [0.3, 0.4) is 0 Å². The first kappa shape index (κ1) is 21.8. The molecular weight excluding hydrogens is 459 g/mol. The molecule has 0 radical (unpaired) electrons. The largest absolute Gasteiger partial charge is 0.373 e. The van der Waals surface area contributed by atoms with Gasteiger partial charge >= 0.3 is 0 Å². The monoisotopic (exact) mass is 490 g/mol. The van der Waals surface area contributed by atoms with E-state index in [0.717, 1.165) is 57.6 Å². The molecule has 146 valence electrons. The number of nitrogens with zero attached hydrogens (tertiary/aromatic N) is 3. The molecule has 2 saturated heterocycles. The second-order valence-corrected chi connectivity index (χ2v) is 7.55. The van der Waals surface area contributed by atoms with Gasteiger partial charge in [0.25, 0.3) is 0 Å². The highest BCUT2D eigenvalue weighted by Crippen LogP contribution is 2.24. The fourth-order valence-electron chi connectivity index (χ4n) is 3.61. The van der Waals surface area contributed by atoms with E-state index in [1.807, 2.05) is 11.8 Å². The Morgan fingerprint density at radius 1 is 1.31 bits per heavy atom. The van der Waals surface area contributed by atoms with Crippen molar-refractivity contribution in [3.63, 3.8) is 0 Å². The van der Waals surface area contributed by atoms with Crippen LogP contribution in [0.2, 0.25) is 0 Å². The minimum atomic E-state index is 0. The Bertz CT molecular complexity index is 560. The molecule has 2 aliphatic rings. The van der Waals surface area contributed by atoms with Gasteiger partial charge in [-0.1, -0.05) is 30.3 Å². The van der Waals surface area contributed by atoms with Gasteiger partial charge in [0.15, 0.2) is 5.96 Å². The van der Waals surface area contributed by atoms with Crippen LogP contribution in [0.25, 0.3) is 0 Å². The van der Waals surface area contributed by atoms with Gasteiger partial charge in [-0.2, -0.15) is 11.8 Å². The number of nitrogens with one attached hydrogen (secondary N) is 1. The van der Waals surface area contributed by atoms with Crippen molar-refractivity contribution in [1.29, 1.82) is 0 Å². The first-order chi connectivity index (χ1) is 12.3. The number of benzene rings is 1. The summed E-state index contributed by atoms with van der Waals surface area (Å²) in [5, 5.41) is 3.45. The summed E-state index contributed by atoms with van der Waals surface area (Å²) >= 11 is 1.84. The van der Waals surface area contributed by atoms with Gasteiger partial charge in [0.2, 0.25) is 0 Å². The number of aliphatic imine (C=N–C) groups is 1. The number of hydrogen-bond donors (Lipinski definition) is 1. The van der Waals surface area contributed by atoms with Gasteiger partial charge in [-0.25, -0.2) is 0 Å². The number of morpholine rings is 1. The second-order valence-electron chi connectivity index (χ2n) is 6.57. The molecule has 2 heterocycles. The number of ether oxygens (including phenoxy) is 1. The molecule has 1 N–H and O–H groups in total. The van der Waals surface area contributed by atoms with Crippen LogP contribution in [0.4, 0.5) is 0 Å². The minimum absolute atomic E-state index is 0. The van der Waals surface area contributed by atoms with E-state index in [9.17, 15) is 0 Å². The van der Waals surface area contributed by atoms with Crippen LogP contribution in [-0.2, 0) is 11.3 Å². The van der Waals surface area contributed by atoms with Crippen LogP contribution in [0.1, 0.15) is 12.5 Å². The first-order valence-electron chi connectivity index (χ1n) is 9.23. The molecule has 0 aliphatic carbocycles. The molecule has 26 heavy (non-hydrogen) atoms. The predicted molar refractivity (Wildman–Crippen MR) is 122 cm³/mol. The third-order valence-corrected chi connectivity index (χ3v) is 5.43. The molecule has 0 aromatic heterocycles. The number of thioether (sulfide) groups is 1. The summed E-state index contributed by atoms with van der Waals surface area (Å²) in [5.41, 5.74) is 1.38. The van der Waals surface area contributed by atoms with Gasteiger partial charge in [-0.3, -0.25) is 9.89 Å². The third-order valence-electron chi connectivity index (χ3n) is 4.84. The van der Waals surface area contributed by atoms with Gasteiger partial charge in [0.05, 0.1) is 25.3 Å². The molecule has 7 heteroatoms. The second kappa shape index (κ2) is 11.4. The van der Waals surface area contributed by atoms with Gasteiger partial charge < -0.3 is 15.0 Å². The van der Waals surface area contributed by atoms with Crippen molar-refractivity contribution in [2.45, 2.75) is 25.6 Å². The number of halogens is 1. The molecule has 2 unspecified atom stereocenters. The van der Waals surface area contributed by atoms with Crippen LogP contribution < -0.4 is 5.32 Å². The molecule has 2 atom stereocenters. The highest BCUT2D eigenvalue weighted by molar-refractivity contribution is 14.0. The number of fused-ring (bicyclic) bond motifs is 1. The van der Waals surface area contributed by atoms with Crippen molar-refractivity contribution in [3.8, 4) is 0 Å². The zero-order valence-corrected chi connectivity index (χ0v) is 18.9. The Hall–Kier alpha value is -0.510. The topological polar surface area (TPSA) is 40.1 Å². The summed E-state index contributed by atoms with van der Waals surface area (Å²) in [7, 11) is 0. The van der Waals surface area contributed by atoms with Crippen molar-refractivity contribution in [1.82, 2.24) is 15.1 Å². The molecule has 1 aromatic rings. The van der Waals surface area contributed by atoms with E-state index in [1.165, 1.54) is 5.56 Å². The molecule has 0 saturated carbocycles. The van der Waals surface area contributed by atoms with E-state index < -0.39 is 0 Å². The molecule has 0 spiro atoms. The Morgan fingerprint density at radius 3 is 2.85 bits per heavy atom. The summed E-state index contributed by atoms with van der Waals surface area (Å²) in [6.45, 7) is 8.64. The van der Waals surface area contributed by atoms with Crippen LogP contribution in [0, 0.1) is 0 Å². The molecule has 1 aromatic carbocycles. The maximum atomic E-state index is 6.08. The molecule has 3 rings (SSSR count). The highest BCUT2D eigenvalue weighted by Gasteiger charge is 2.41. The molecular formula is C19H31IN4OS. The maximum absolute atomic E-state index is 6.08. The summed E-state index contributed by atoms with van der Waals surface area (Å²) in [4.78, 5) is 9.74. The van der Waals surface area contributed by atoms with Gasteiger partial charge in [-0.15, -0.1) is 24.0 Å². The minimum Gasteiger partial charge on any atom is -0.373 e. The van der Waals surface area contributed by atoms with Crippen LogP contribution in [0.15, 0.2) is 35.3 Å².